The molecule has 0 amide bonds. The third-order valence-corrected chi connectivity index (χ3v) is 11.1. The minimum absolute atomic E-state index is 0.125. The van der Waals surface area contributed by atoms with Crippen LogP contribution in [-0.4, -0.2) is 10.4 Å². The molecule has 5 heteroatoms. The number of amidine groups is 1. The first-order valence-electron chi connectivity index (χ1n) is 17.0. The minimum Gasteiger partial charge on any atom is -0.350 e. The Hall–Kier alpha value is -5.88. The van der Waals surface area contributed by atoms with Gasteiger partial charge >= 0.3 is 0 Å². The first kappa shape index (κ1) is 29.1. The smallest absolute Gasteiger partial charge is 0.131 e. The maximum atomic E-state index is 5.09. The highest BCUT2D eigenvalue weighted by Crippen LogP contribution is 2.51. The largest absolute Gasteiger partial charge is 0.350 e. The summed E-state index contributed by atoms with van der Waals surface area (Å²) in [4.78, 5) is 7.65. The van der Waals surface area contributed by atoms with Crippen LogP contribution in [0.2, 0.25) is 0 Å². The number of rotatable bonds is 4. The number of aliphatic imine (C=N–C) groups is 1. The number of hydrogen-bond acceptors (Lipinski definition) is 4. The van der Waals surface area contributed by atoms with E-state index < -0.39 is 0 Å². The lowest BCUT2D eigenvalue weighted by Crippen LogP contribution is -2.44. The monoisotopic (exact) mass is 660 g/mol. The molecule has 0 saturated heterocycles. The third-order valence-electron chi connectivity index (χ3n) is 9.91. The fourth-order valence-corrected chi connectivity index (χ4v) is 8.79. The summed E-state index contributed by atoms with van der Waals surface area (Å²) in [5, 5.41) is 9.97. The molecular formula is C45H32N4S. The summed E-state index contributed by atoms with van der Waals surface area (Å²) in [6.45, 7) is 0. The van der Waals surface area contributed by atoms with Crippen molar-refractivity contribution >= 4 is 39.4 Å². The molecule has 4 nitrogen and oxygen atoms in total. The Bertz CT molecular complexity index is 2570. The van der Waals surface area contributed by atoms with Crippen LogP contribution in [0.4, 0.5) is 0 Å². The first-order chi connectivity index (χ1) is 24.8. The molecule has 8 aromatic rings. The zero-order valence-corrected chi connectivity index (χ0v) is 27.9. The van der Waals surface area contributed by atoms with Crippen molar-refractivity contribution in [3.05, 3.63) is 187 Å². The number of aromatic nitrogens is 1. The zero-order valence-electron chi connectivity index (χ0n) is 27.1. The van der Waals surface area contributed by atoms with E-state index in [1.54, 1.807) is 0 Å². The van der Waals surface area contributed by atoms with Crippen molar-refractivity contribution in [1.82, 2.24) is 15.2 Å². The molecule has 2 atom stereocenters. The minimum atomic E-state index is -0.173. The lowest BCUT2D eigenvalue weighted by atomic mass is 9.94. The van der Waals surface area contributed by atoms with Crippen LogP contribution in [0.5, 0.6) is 0 Å². The Morgan fingerprint density at radius 2 is 1.18 bits per heavy atom. The summed E-state index contributed by atoms with van der Waals surface area (Å²) in [5.41, 5.74) is 12.0. The standard InChI is InChI=1S/C45H32N4S/c1-3-13-29(14-4-1)43-46-44(30-15-5-2-6-16-30)48-45(47-43)31-23-25-32(26-24-31)49-39-21-11-9-19-35(39)37-27-28-38-34-18-8-7-17-33(34)36-20-10-12-22-40(36)50-42(38)41(37)49/h1-28,43,45,47H,(H,46,48). The molecule has 1 aromatic heterocycles. The van der Waals surface area contributed by atoms with Gasteiger partial charge in [0.2, 0.25) is 0 Å². The topological polar surface area (TPSA) is 41.4 Å². The Kier molecular flexibility index (Phi) is 6.93. The zero-order chi connectivity index (χ0) is 33.0. The number of benzene rings is 7. The van der Waals surface area contributed by atoms with Crippen molar-refractivity contribution in [2.45, 2.75) is 22.1 Å². The second kappa shape index (κ2) is 11.9. The van der Waals surface area contributed by atoms with Gasteiger partial charge in [0.25, 0.3) is 0 Å². The van der Waals surface area contributed by atoms with E-state index in [2.05, 4.69) is 173 Å². The molecule has 2 N–H and O–H groups in total. The second-order valence-electron chi connectivity index (χ2n) is 12.8. The van der Waals surface area contributed by atoms with Gasteiger partial charge in [-0.05, 0) is 57.6 Å². The third kappa shape index (κ3) is 4.78. The summed E-state index contributed by atoms with van der Waals surface area (Å²) in [7, 11) is 0. The fourth-order valence-electron chi connectivity index (χ4n) is 7.55. The molecule has 0 bridgehead atoms. The van der Waals surface area contributed by atoms with Gasteiger partial charge < -0.3 is 9.88 Å². The molecule has 0 saturated carbocycles. The highest BCUT2D eigenvalue weighted by molar-refractivity contribution is 7.99. The highest BCUT2D eigenvalue weighted by Gasteiger charge is 2.27. The Morgan fingerprint density at radius 3 is 1.98 bits per heavy atom. The molecule has 0 spiro atoms. The van der Waals surface area contributed by atoms with Gasteiger partial charge in [-0.25, -0.2) is 4.99 Å². The summed E-state index contributed by atoms with van der Waals surface area (Å²) >= 11 is 1.88. The molecular weight excluding hydrogens is 629 g/mol. The van der Waals surface area contributed by atoms with Gasteiger partial charge in [0.15, 0.2) is 0 Å². The van der Waals surface area contributed by atoms with Crippen molar-refractivity contribution in [1.29, 1.82) is 0 Å². The van der Waals surface area contributed by atoms with E-state index in [-0.39, 0.29) is 12.3 Å². The van der Waals surface area contributed by atoms with Crippen LogP contribution < -0.4 is 10.6 Å². The predicted octanol–water partition coefficient (Wildman–Crippen LogP) is 10.9. The molecule has 0 radical (unpaired) electrons. The van der Waals surface area contributed by atoms with Crippen LogP contribution in [0.1, 0.15) is 29.0 Å². The van der Waals surface area contributed by atoms with Crippen molar-refractivity contribution in [2.75, 3.05) is 0 Å². The Morgan fingerprint density at radius 1 is 0.520 bits per heavy atom. The van der Waals surface area contributed by atoms with E-state index in [1.165, 1.54) is 53.9 Å². The number of para-hydroxylation sites is 1. The maximum Gasteiger partial charge on any atom is 0.131 e. The molecule has 50 heavy (non-hydrogen) atoms. The highest BCUT2D eigenvalue weighted by atomic mass is 32.2. The van der Waals surface area contributed by atoms with Crippen LogP contribution in [0.25, 0.3) is 49.7 Å². The average molecular weight is 661 g/mol. The fraction of sp³-hybridized carbons (Fsp3) is 0.0444. The Labute approximate surface area is 295 Å². The SMILES string of the molecule is c1ccc(C2=NC(c3ccccc3)NC(c3ccc(-n4c5ccccc5c5ccc6c(c54)Sc4ccccc4-c4ccccc4-6)cc3)N2)cc1. The molecule has 2 aliphatic rings. The first-order valence-corrected chi connectivity index (χ1v) is 17.9. The number of hydrogen-bond donors (Lipinski definition) is 2. The van der Waals surface area contributed by atoms with E-state index in [0.29, 0.717) is 0 Å². The molecule has 3 heterocycles. The van der Waals surface area contributed by atoms with Crippen molar-refractivity contribution in [2.24, 2.45) is 4.99 Å². The molecule has 238 valence electrons. The van der Waals surface area contributed by atoms with Crippen molar-refractivity contribution in [3.63, 3.8) is 0 Å². The summed E-state index contributed by atoms with van der Waals surface area (Å²) in [5.74, 6) is 0.884. The van der Waals surface area contributed by atoms with Gasteiger partial charge in [0, 0.05) is 31.8 Å². The lowest BCUT2D eigenvalue weighted by Gasteiger charge is -2.32. The van der Waals surface area contributed by atoms with Crippen LogP contribution in [0, 0.1) is 0 Å². The lowest BCUT2D eigenvalue weighted by molar-refractivity contribution is 0.409. The van der Waals surface area contributed by atoms with E-state index in [1.807, 2.05) is 23.9 Å². The van der Waals surface area contributed by atoms with E-state index in [4.69, 9.17) is 4.99 Å². The van der Waals surface area contributed by atoms with E-state index in [9.17, 15) is 0 Å². The summed E-state index contributed by atoms with van der Waals surface area (Å²) < 4.78 is 2.46. The normalized spacial score (nSPS) is 16.5. The molecule has 0 fully saturated rings. The van der Waals surface area contributed by atoms with Gasteiger partial charge in [-0.2, -0.15) is 0 Å². The van der Waals surface area contributed by atoms with Crippen LogP contribution in [0.15, 0.2) is 185 Å². The van der Waals surface area contributed by atoms with E-state index in [0.717, 1.165) is 28.2 Å². The molecule has 2 unspecified atom stereocenters. The van der Waals surface area contributed by atoms with Crippen molar-refractivity contribution < 1.29 is 0 Å². The average Bonchev–Trinajstić information content (AvgIpc) is 3.46. The molecule has 10 rings (SSSR count). The quantitative estimate of drug-likeness (QED) is 0.197. The van der Waals surface area contributed by atoms with Crippen LogP contribution in [0.3, 0.4) is 0 Å². The van der Waals surface area contributed by atoms with Gasteiger partial charge in [0.05, 0.1) is 11.0 Å². The second-order valence-corrected chi connectivity index (χ2v) is 13.9. The van der Waals surface area contributed by atoms with Crippen LogP contribution >= 0.6 is 11.8 Å². The van der Waals surface area contributed by atoms with Gasteiger partial charge in [-0.1, -0.05) is 157 Å². The van der Waals surface area contributed by atoms with Gasteiger partial charge in [-0.15, -0.1) is 0 Å². The molecule has 0 aliphatic carbocycles. The van der Waals surface area contributed by atoms with Gasteiger partial charge in [-0.3, -0.25) is 5.32 Å². The summed E-state index contributed by atoms with van der Waals surface area (Å²) in [6, 6.07) is 60.9. The number of nitrogens with zero attached hydrogens (tertiary/aromatic N) is 2. The molecule has 2 aliphatic heterocycles. The van der Waals surface area contributed by atoms with Crippen LogP contribution in [-0.2, 0) is 0 Å². The Balaban J connectivity index is 1.11. The molecule has 7 aromatic carbocycles. The van der Waals surface area contributed by atoms with Gasteiger partial charge in [0.1, 0.15) is 18.2 Å². The predicted molar refractivity (Wildman–Crippen MR) is 207 cm³/mol. The number of fused-ring (bicyclic) bond motifs is 9. The van der Waals surface area contributed by atoms with E-state index >= 15 is 0 Å². The van der Waals surface area contributed by atoms with Crippen molar-refractivity contribution in [3.8, 4) is 27.9 Å². The summed E-state index contributed by atoms with van der Waals surface area (Å²) in [6.07, 6.45) is -0.298. The number of nitrogens with one attached hydrogen (secondary N) is 2. The maximum absolute atomic E-state index is 5.09.